The second-order valence-electron chi connectivity index (χ2n) is 7.51. The van der Waals surface area contributed by atoms with Crippen LogP contribution in [0.2, 0.25) is 0 Å². The molecule has 0 unspecified atom stereocenters. The summed E-state index contributed by atoms with van der Waals surface area (Å²) >= 11 is 0. The van der Waals surface area contributed by atoms with Gasteiger partial charge in [-0.25, -0.2) is 0 Å². The van der Waals surface area contributed by atoms with Gasteiger partial charge in [0.05, 0.1) is 24.4 Å². The first-order valence-corrected chi connectivity index (χ1v) is 9.44. The fourth-order valence-electron chi connectivity index (χ4n) is 2.41. The van der Waals surface area contributed by atoms with Gasteiger partial charge in [-0.15, -0.1) is 0 Å². The minimum Gasteiger partial charge on any atom is -0.399 e. The molecule has 0 N–H and O–H groups in total. The molecule has 29 heavy (non-hydrogen) atoms. The molecule has 0 saturated carbocycles. The molecule has 0 bridgehead atoms. The Kier molecular flexibility index (Phi) is 10.2. The Morgan fingerprint density at radius 3 is 2.38 bits per heavy atom. The van der Waals surface area contributed by atoms with Crippen LogP contribution < -0.4 is 5.46 Å². The van der Waals surface area contributed by atoms with Crippen LogP contribution in [0, 0.1) is 0 Å². The Labute approximate surface area is 174 Å². The topological polar surface area (TPSA) is 66.9 Å². The predicted molar refractivity (Wildman–Crippen MR) is 116 cm³/mol. The number of rotatable bonds is 9. The molecular weight excluding hydrogens is 369 g/mol. The Balaban J connectivity index is 0.000000396. The second kappa shape index (κ2) is 11.8. The lowest BCUT2D eigenvalue weighted by atomic mass is 9.80. The zero-order valence-electron chi connectivity index (χ0n) is 18.1. The number of nitrogens with zero attached hydrogens (tertiary/aromatic N) is 1. The molecule has 0 spiro atoms. The van der Waals surface area contributed by atoms with Crippen molar-refractivity contribution in [2.24, 2.45) is 0 Å². The van der Waals surface area contributed by atoms with E-state index in [0.29, 0.717) is 13.2 Å². The van der Waals surface area contributed by atoms with Crippen molar-refractivity contribution in [3.63, 3.8) is 0 Å². The number of aromatic nitrogens is 1. The van der Waals surface area contributed by atoms with Gasteiger partial charge in [-0.2, -0.15) is 0 Å². The quantitative estimate of drug-likeness (QED) is 0.274. The maximum absolute atomic E-state index is 10.2. The minimum absolute atomic E-state index is 0.0840. The molecule has 1 aromatic rings. The monoisotopic (exact) mass is 401 g/mol. The van der Waals surface area contributed by atoms with Crippen LogP contribution in [-0.2, 0) is 30.2 Å². The number of hydrogen-bond donors (Lipinski definition) is 0. The standard InChI is InChI=1S/C14H20BNO4.C8H12O/c1-13(2)14(3,4)20-15(19-13)12-7-11(8-16-9-12)10-18-6-5-17;1-4-6-8(5-2)7-9-3/h5,7-9H,6,10H2,1-4H3;4-6H,1-2,7H2,3H3/b;8-6+. The van der Waals surface area contributed by atoms with Crippen molar-refractivity contribution in [1.82, 2.24) is 4.98 Å². The smallest absolute Gasteiger partial charge is 0.399 e. The molecule has 2 rings (SSSR count). The minimum atomic E-state index is -0.432. The van der Waals surface area contributed by atoms with Crippen molar-refractivity contribution in [2.75, 3.05) is 20.3 Å². The fourth-order valence-corrected chi connectivity index (χ4v) is 2.41. The van der Waals surface area contributed by atoms with Crippen LogP contribution in [0.1, 0.15) is 33.3 Å². The number of allylic oxidation sites excluding steroid dienone is 2. The molecule has 1 saturated heterocycles. The maximum atomic E-state index is 10.2. The van der Waals surface area contributed by atoms with E-state index < -0.39 is 7.12 Å². The summed E-state index contributed by atoms with van der Waals surface area (Å²) in [5.74, 6) is 0. The van der Waals surface area contributed by atoms with Crippen molar-refractivity contribution in [3.05, 3.63) is 61.0 Å². The van der Waals surface area contributed by atoms with Gasteiger partial charge >= 0.3 is 7.12 Å². The molecule has 0 aliphatic carbocycles. The summed E-state index contributed by atoms with van der Waals surface area (Å²) in [6.07, 6.45) is 9.51. The highest BCUT2D eigenvalue weighted by molar-refractivity contribution is 6.62. The van der Waals surface area contributed by atoms with E-state index in [1.54, 1.807) is 31.7 Å². The molecular formula is C22H32BNO5. The first-order chi connectivity index (χ1) is 13.7. The van der Waals surface area contributed by atoms with Crippen molar-refractivity contribution >= 4 is 18.9 Å². The number of carbonyl (C=O) groups is 1. The molecule has 158 valence electrons. The summed E-state index contributed by atoms with van der Waals surface area (Å²) in [4.78, 5) is 14.4. The van der Waals surface area contributed by atoms with E-state index in [1.807, 2.05) is 39.8 Å². The number of ether oxygens (including phenoxy) is 2. The first-order valence-electron chi connectivity index (χ1n) is 9.44. The van der Waals surface area contributed by atoms with E-state index in [0.717, 1.165) is 22.9 Å². The Morgan fingerprint density at radius 2 is 1.86 bits per heavy atom. The normalized spacial score (nSPS) is 17.3. The Morgan fingerprint density at radius 1 is 1.21 bits per heavy atom. The number of pyridine rings is 1. The molecule has 2 heterocycles. The van der Waals surface area contributed by atoms with Gasteiger partial charge in [-0.3, -0.25) is 4.98 Å². The average molecular weight is 401 g/mol. The SMILES string of the molecule is C=C/C=C(\C=C)COC.CC1(C)OB(c2cncc(COCC=O)c2)OC1(C)C. The number of aldehydes is 1. The highest BCUT2D eigenvalue weighted by atomic mass is 16.7. The van der Waals surface area contributed by atoms with E-state index in [-0.39, 0.29) is 17.8 Å². The van der Waals surface area contributed by atoms with E-state index in [1.165, 1.54) is 0 Å². The van der Waals surface area contributed by atoms with E-state index in [2.05, 4.69) is 18.1 Å². The van der Waals surface area contributed by atoms with Gasteiger partial charge in [0.2, 0.25) is 0 Å². The summed E-state index contributed by atoms with van der Waals surface area (Å²) in [5.41, 5.74) is 2.05. The zero-order valence-corrected chi connectivity index (χ0v) is 18.1. The van der Waals surface area contributed by atoms with Crippen molar-refractivity contribution in [3.8, 4) is 0 Å². The summed E-state index contributed by atoms with van der Waals surface area (Å²) in [7, 11) is 1.22. The third-order valence-electron chi connectivity index (χ3n) is 4.70. The van der Waals surface area contributed by atoms with Gasteiger partial charge < -0.3 is 23.6 Å². The van der Waals surface area contributed by atoms with Crippen LogP contribution in [0.5, 0.6) is 0 Å². The molecule has 1 aliphatic heterocycles. The third-order valence-corrected chi connectivity index (χ3v) is 4.70. The van der Waals surface area contributed by atoms with Crippen LogP contribution >= 0.6 is 0 Å². The van der Waals surface area contributed by atoms with Crippen LogP contribution in [0.3, 0.4) is 0 Å². The highest BCUT2D eigenvalue weighted by Gasteiger charge is 2.51. The number of carbonyl (C=O) groups excluding carboxylic acids is 1. The van der Waals surface area contributed by atoms with Gasteiger partial charge in [-0.1, -0.05) is 37.5 Å². The molecule has 7 heteroatoms. The van der Waals surface area contributed by atoms with E-state index in [9.17, 15) is 4.79 Å². The molecule has 0 radical (unpaired) electrons. The van der Waals surface area contributed by atoms with Crippen molar-refractivity contribution in [2.45, 2.75) is 45.5 Å². The Hall–Kier alpha value is -2.06. The summed E-state index contributed by atoms with van der Waals surface area (Å²) in [6.45, 7) is 16.2. The molecule has 1 aromatic heterocycles. The highest BCUT2D eigenvalue weighted by Crippen LogP contribution is 2.36. The summed E-state index contributed by atoms with van der Waals surface area (Å²) < 4.78 is 22.0. The molecule has 6 nitrogen and oxygen atoms in total. The average Bonchev–Trinajstić information content (AvgIpc) is 2.90. The molecule has 1 fully saturated rings. The van der Waals surface area contributed by atoms with Gasteiger partial charge in [0.15, 0.2) is 0 Å². The van der Waals surface area contributed by atoms with Crippen molar-refractivity contribution in [1.29, 1.82) is 0 Å². The fraction of sp³-hybridized carbons (Fsp3) is 0.455. The van der Waals surface area contributed by atoms with E-state index in [4.69, 9.17) is 18.8 Å². The lowest BCUT2D eigenvalue weighted by Gasteiger charge is -2.32. The zero-order chi connectivity index (χ0) is 21.9. The molecule has 0 aromatic carbocycles. The Bertz CT molecular complexity index is 699. The predicted octanol–water partition coefficient (Wildman–Crippen LogP) is 3.03. The van der Waals surface area contributed by atoms with Crippen molar-refractivity contribution < 1.29 is 23.6 Å². The second-order valence-corrected chi connectivity index (χ2v) is 7.51. The van der Waals surface area contributed by atoms with Gasteiger partial charge in [0, 0.05) is 25.0 Å². The van der Waals surface area contributed by atoms with Crippen LogP contribution in [0.4, 0.5) is 0 Å². The first kappa shape index (κ1) is 25.0. The summed E-state index contributed by atoms with van der Waals surface area (Å²) in [6, 6.07) is 1.93. The van der Waals surface area contributed by atoms with Crippen LogP contribution in [0.25, 0.3) is 0 Å². The van der Waals surface area contributed by atoms with Gasteiger partial charge in [0.1, 0.15) is 12.9 Å². The van der Waals surface area contributed by atoms with Crippen LogP contribution in [0.15, 0.2) is 55.4 Å². The largest absolute Gasteiger partial charge is 0.496 e. The molecule has 0 atom stereocenters. The lowest BCUT2D eigenvalue weighted by Crippen LogP contribution is -2.41. The van der Waals surface area contributed by atoms with Gasteiger partial charge in [-0.05, 0) is 38.8 Å². The number of hydrogen-bond acceptors (Lipinski definition) is 6. The molecule has 0 amide bonds. The van der Waals surface area contributed by atoms with Crippen LogP contribution in [-0.4, -0.2) is 49.9 Å². The summed E-state index contributed by atoms with van der Waals surface area (Å²) in [5, 5.41) is 0. The maximum Gasteiger partial charge on any atom is 0.496 e. The molecule has 1 aliphatic rings. The van der Waals surface area contributed by atoms with E-state index >= 15 is 0 Å². The third kappa shape index (κ3) is 7.70. The lowest BCUT2D eigenvalue weighted by molar-refractivity contribution is -0.112. The number of methoxy groups -OCH3 is 1. The van der Waals surface area contributed by atoms with Gasteiger partial charge in [0.25, 0.3) is 0 Å².